The van der Waals surface area contributed by atoms with Gasteiger partial charge in [-0.05, 0) is 50.3 Å². The van der Waals surface area contributed by atoms with Gasteiger partial charge in [-0.2, -0.15) is 0 Å². The first kappa shape index (κ1) is 13.5. The van der Waals surface area contributed by atoms with Gasteiger partial charge in [0.15, 0.2) is 0 Å². The molecule has 102 valence electrons. The number of nitrogens with one attached hydrogen (secondary N) is 1. The Labute approximate surface area is 111 Å². The number of amides is 1. The highest BCUT2D eigenvalue weighted by Crippen LogP contribution is 2.38. The van der Waals surface area contributed by atoms with Crippen molar-refractivity contribution in [2.45, 2.75) is 32.2 Å². The van der Waals surface area contributed by atoms with Crippen molar-refractivity contribution in [3.63, 3.8) is 0 Å². The number of nitrogens with two attached hydrogens (primary N) is 1. The van der Waals surface area contributed by atoms with Crippen LogP contribution >= 0.6 is 0 Å². The Morgan fingerprint density at radius 2 is 2.05 bits per heavy atom. The average molecular weight is 262 g/mol. The van der Waals surface area contributed by atoms with Crippen LogP contribution in [0.1, 0.15) is 35.7 Å². The second-order valence-corrected chi connectivity index (χ2v) is 5.35. The van der Waals surface area contributed by atoms with Crippen LogP contribution < -0.4 is 11.1 Å². The third kappa shape index (κ3) is 2.76. The van der Waals surface area contributed by atoms with Crippen LogP contribution in [0.15, 0.2) is 18.2 Å². The second-order valence-electron chi connectivity index (χ2n) is 5.35. The van der Waals surface area contributed by atoms with E-state index in [-0.39, 0.29) is 17.4 Å². The highest BCUT2D eigenvalue weighted by molar-refractivity contribution is 6.00. The van der Waals surface area contributed by atoms with Gasteiger partial charge in [0.2, 0.25) is 5.91 Å². The summed E-state index contributed by atoms with van der Waals surface area (Å²) in [6.07, 6.45) is 1.93. The predicted molar refractivity (Wildman–Crippen MR) is 72.1 cm³/mol. The van der Waals surface area contributed by atoms with Crippen LogP contribution in [0.25, 0.3) is 0 Å². The number of hydrogen-bond donors (Lipinski definition) is 3. The summed E-state index contributed by atoms with van der Waals surface area (Å²) in [7, 11) is 0. The van der Waals surface area contributed by atoms with Gasteiger partial charge in [0, 0.05) is 5.69 Å². The van der Waals surface area contributed by atoms with Crippen molar-refractivity contribution >= 4 is 17.6 Å². The number of carboxylic acids is 1. The molecule has 1 aromatic carbocycles. The Balaban J connectivity index is 2.20. The van der Waals surface area contributed by atoms with Gasteiger partial charge in [0.05, 0.1) is 11.1 Å². The van der Waals surface area contributed by atoms with Crippen LogP contribution in [0, 0.1) is 12.8 Å². The number of rotatable bonds is 4. The highest BCUT2D eigenvalue weighted by atomic mass is 16.4. The average Bonchev–Trinajstić information content (AvgIpc) is 3.15. The molecular formula is C14H18N2O3. The summed E-state index contributed by atoms with van der Waals surface area (Å²) in [5, 5.41) is 11.7. The van der Waals surface area contributed by atoms with Crippen molar-refractivity contribution in [1.29, 1.82) is 0 Å². The van der Waals surface area contributed by atoms with E-state index in [1.807, 2.05) is 6.92 Å². The summed E-state index contributed by atoms with van der Waals surface area (Å²) in [5.41, 5.74) is 6.59. The van der Waals surface area contributed by atoms with E-state index in [1.54, 1.807) is 13.0 Å². The Kier molecular flexibility index (Phi) is 3.32. The van der Waals surface area contributed by atoms with Gasteiger partial charge in [-0.25, -0.2) is 4.79 Å². The third-order valence-electron chi connectivity index (χ3n) is 3.65. The fourth-order valence-corrected chi connectivity index (χ4v) is 2.02. The summed E-state index contributed by atoms with van der Waals surface area (Å²) >= 11 is 0. The van der Waals surface area contributed by atoms with Crippen molar-refractivity contribution in [2.75, 3.05) is 5.32 Å². The number of aryl methyl sites for hydroxylation is 1. The van der Waals surface area contributed by atoms with Crippen molar-refractivity contribution in [3.05, 3.63) is 29.3 Å². The maximum atomic E-state index is 12.2. The summed E-state index contributed by atoms with van der Waals surface area (Å²) in [6.45, 7) is 3.53. The maximum absolute atomic E-state index is 12.2. The molecule has 0 aromatic heterocycles. The smallest absolute Gasteiger partial charge is 0.335 e. The fraction of sp³-hybridized carbons (Fsp3) is 0.429. The highest BCUT2D eigenvalue weighted by Gasteiger charge is 2.44. The number of carbonyl (C=O) groups excluding carboxylic acids is 1. The number of carbonyl (C=O) groups is 2. The quantitative estimate of drug-likeness (QED) is 0.770. The molecule has 19 heavy (non-hydrogen) atoms. The van der Waals surface area contributed by atoms with Crippen molar-refractivity contribution in [3.8, 4) is 0 Å². The lowest BCUT2D eigenvalue weighted by molar-refractivity contribution is -0.121. The molecule has 1 fully saturated rings. The van der Waals surface area contributed by atoms with Gasteiger partial charge >= 0.3 is 5.97 Å². The largest absolute Gasteiger partial charge is 0.478 e. The molecule has 0 aliphatic heterocycles. The standard InChI is InChI=1S/C14H18N2O3/c1-8-3-4-9(12(17)18)7-11(8)16-13(19)14(2,15)10-5-6-10/h3-4,7,10H,5-6,15H2,1-2H3,(H,16,19)(H,17,18). The molecule has 4 N–H and O–H groups in total. The number of benzene rings is 1. The SMILES string of the molecule is Cc1ccc(C(=O)O)cc1NC(=O)C(C)(N)C1CC1. The van der Waals surface area contributed by atoms with Crippen molar-refractivity contribution in [2.24, 2.45) is 11.7 Å². The molecule has 0 heterocycles. The zero-order valence-electron chi connectivity index (χ0n) is 11.1. The van der Waals surface area contributed by atoms with Crippen LogP contribution in [0.3, 0.4) is 0 Å². The third-order valence-corrected chi connectivity index (χ3v) is 3.65. The van der Waals surface area contributed by atoms with E-state index in [0.29, 0.717) is 5.69 Å². The summed E-state index contributed by atoms with van der Waals surface area (Å²) in [6, 6.07) is 4.64. The summed E-state index contributed by atoms with van der Waals surface area (Å²) in [5.74, 6) is -1.07. The molecule has 0 saturated heterocycles. The zero-order chi connectivity index (χ0) is 14.2. The van der Waals surface area contributed by atoms with E-state index in [2.05, 4.69) is 5.32 Å². The Morgan fingerprint density at radius 3 is 2.58 bits per heavy atom. The van der Waals surface area contributed by atoms with E-state index in [4.69, 9.17) is 10.8 Å². The molecular weight excluding hydrogens is 244 g/mol. The first-order valence-corrected chi connectivity index (χ1v) is 6.26. The molecule has 1 aliphatic carbocycles. The lowest BCUT2D eigenvalue weighted by atomic mass is 9.96. The molecule has 1 amide bonds. The van der Waals surface area contributed by atoms with Crippen LogP contribution in [-0.2, 0) is 4.79 Å². The molecule has 1 aliphatic rings. The topological polar surface area (TPSA) is 92.4 Å². The monoisotopic (exact) mass is 262 g/mol. The number of carboxylic acid groups (broad SMARTS) is 1. The van der Waals surface area contributed by atoms with Crippen LogP contribution in [0.5, 0.6) is 0 Å². The lowest BCUT2D eigenvalue weighted by Gasteiger charge is -2.23. The van der Waals surface area contributed by atoms with E-state index >= 15 is 0 Å². The fourth-order valence-electron chi connectivity index (χ4n) is 2.02. The van der Waals surface area contributed by atoms with Gasteiger partial charge in [-0.3, -0.25) is 4.79 Å². The molecule has 1 aromatic rings. The minimum atomic E-state index is -1.02. The van der Waals surface area contributed by atoms with Gasteiger partial charge in [0.1, 0.15) is 0 Å². The number of anilines is 1. The van der Waals surface area contributed by atoms with E-state index in [1.165, 1.54) is 12.1 Å². The molecule has 0 bridgehead atoms. The Hall–Kier alpha value is -1.88. The number of hydrogen-bond acceptors (Lipinski definition) is 3. The summed E-state index contributed by atoms with van der Waals surface area (Å²) in [4.78, 5) is 23.1. The minimum absolute atomic E-state index is 0.144. The van der Waals surface area contributed by atoms with E-state index < -0.39 is 11.5 Å². The number of aromatic carboxylic acids is 1. The Bertz CT molecular complexity index is 533. The van der Waals surface area contributed by atoms with Gasteiger partial charge in [-0.1, -0.05) is 6.07 Å². The van der Waals surface area contributed by atoms with Crippen LogP contribution in [0.4, 0.5) is 5.69 Å². The first-order valence-electron chi connectivity index (χ1n) is 6.26. The minimum Gasteiger partial charge on any atom is -0.478 e. The Morgan fingerprint density at radius 1 is 1.42 bits per heavy atom. The lowest BCUT2D eigenvalue weighted by Crippen LogP contribution is -2.50. The molecule has 5 nitrogen and oxygen atoms in total. The molecule has 0 radical (unpaired) electrons. The molecule has 2 rings (SSSR count). The zero-order valence-corrected chi connectivity index (χ0v) is 11.1. The molecule has 1 unspecified atom stereocenters. The van der Waals surface area contributed by atoms with E-state index in [9.17, 15) is 9.59 Å². The molecule has 1 saturated carbocycles. The van der Waals surface area contributed by atoms with Crippen molar-refractivity contribution < 1.29 is 14.7 Å². The normalized spacial score (nSPS) is 17.6. The molecule has 0 spiro atoms. The first-order chi connectivity index (χ1) is 8.82. The van der Waals surface area contributed by atoms with Crippen molar-refractivity contribution in [1.82, 2.24) is 0 Å². The molecule has 5 heteroatoms. The van der Waals surface area contributed by atoms with Gasteiger partial charge in [0.25, 0.3) is 0 Å². The molecule has 1 atom stereocenters. The maximum Gasteiger partial charge on any atom is 0.335 e. The van der Waals surface area contributed by atoms with Gasteiger partial charge in [-0.15, -0.1) is 0 Å². The van der Waals surface area contributed by atoms with Gasteiger partial charge < -0.3 is 16.2 Å². The summed E-state index contributed by atoms with van der Waals surface area (Å²) < 4.78 is 0. The van der Waals surface area contributed by atoms with E-state index in [0.717, 1.165) is 18.4 Å². The predicted octanol–water partition coefficient (Wildman–Crippen LogP) is 1.76. The van der Waals surface area contributed by atoms with Crippen LogP contribution in [0.2, 0.25) is 0 Å². The van der Waals surface area contributed by atoms with Crippen LogP contribution in [-0.4, -0.2) is 22.5 Å². The second kappa shape index (κ2) is 4.66.